The highest BCUT2D eigenvalue weighted by molar-refractivity contribution is 5.91. The molecule has 0 radical (unpaired) electrons. The Morgan fingerprint density at radius 3 is 1.94 bits per heavy atom. The maximum absolute atomic E-state index is 12.1. The maximum atomic E-state index is 12.1. The standard InChI is InChI=1S/C16H16O2/c1-12(17)16(2,13-6-4-3-5-7-13)14-8-10-15(18)11-9-14/h3-11,18H,1-2H3/t16-/m0/s1. The molecular formula is C16H16O2. The molecule has 0 saturated heterocycles. The van der Waals surface area contributed by atoms with Crippen molar-refractivity contribution in [1.29, 1.82) is 0 Å². The fraction of sp³-hybridized carbons (Fsp3) is 0.188. The van der Waals surface area contributed by atoms with Gasteiger partial charge in [0, 0.05) is 0 Å². The van der Waals surface area contributed by atoms with E-state index in [4.69, 9.17) is 0 Å². The molecule has 1 atom stereocenters. The first-order valence-corrected chi connectivity index (χ1v) is 5.91. The molecule has 0 unspecified atom stereocenters. The Morgan fingerprint density at radius 1 is 0.944 bits per heavy atom. The highest BCUT2D eigenvalue weighted by Crippen LogP contribution is 2.33. The van der Waals surface area contributed by atoms with Crippen LogP contribution in [-0.4, -0.2) is 10.9 Å². The van der Waals surface area contributed by atoms with E-state index < -0.39 is 5.41 Å². The quantitative estimate of drug-likeness (QED) is 0.893. The Morgan fingerprint density at radius 2 is 1.44 bits per heavy atom. The third-order valence-electron chi connectivity index (χ3n) is 3.50. The zero-order valence-corrected chi connectivity index (χ0v) is 10.6. The number of phenolic OH excluding ortho intramolecular Hbond substituents is 1. The molecule has 2 aromatic rings. The first-order valence-electron chi connectivity index (χ1n) is 5.91. The molecule has 0 spiro atoms. The van der Waals surface area contributed by atoms with Crippen molar-refractivity contribution >= 4 is 5.78 Å². The summed E-state index contributed by atoms with van der Waals surface area (Å²) in [5, 5.41) is 9.35. The minimum atomic E-state index is -0.672. The van der Waals surface area contributed by atoms with Crippen molar-refractivity contribution in [2.45, 2.75) is 19.3 Å². The normalized spacial score (nSPS) is 13.9. The molecule has 0 aliphatic carbocycles. The van der Waals surface area contributed by atoms with E-state index in [9.17, 15) is 9.90 Å². The molecule has 2 aromatic carbocycles. The molecule has 0 saturated carbocycles. The Hall–Kier alpha value is -2.09. The molecule has 0 fully saturated rings. The van der Waals surface area contributed by atoms with Gasteiger partial charge < -0.3 is 5.11 Å². The second kappa shape index (κ2) is 4.65. The number of phenols is 1. The summed E-state index contributed by atoms with van der Waals surface area (Å²) in [6, 6.07) is 16.5. The average molecular weight is 240 g/mol. The van der Waals surface area contributed by atoms with E-state index in [0.29, 0.717) is 0 Å². The van der Waals surface area contributed by atoms with E-state index in [1.54, 1.807) is 31.2 Å². The first kappa shape index (κ1) is 12.4. The van der Waals surface area contributed by atoms with E-state index in [2.05, 4.69) is 0 Å². The maximum Gasteiger partial charge on any atom is 0.144 e. The smallest absolute Gasteiger partial charge is 0.144 e. The fourth-order valence-corrected chi connectivity index (χ4v) is 2.14. The molecule has 92 valence electrons. The fourth-order valence-electron chi connectivity index (χ4n) is 2.14. The van der Waals surface area contributed by atoms with Crippen molar-refractivity contribution in [1.82, 2.24) is 0 Å². The number of carbonyl (C=O) groups excluding carboxylic acids is 1. The summed E-state index contributed by atoms with van der Waals surface area (Å²) >= 11 is 0. The van der Waals surface area contributed by atoms with Crippen molar-refractivity contribution in [2.75, 3.05) is 0 Å². The number of aromatic hydroxyl groups is 1. The van der Waals surface area contributed by atoms with E-state index >= 15 is 0 Å². The average Bonchev–Trinajstić information content (AvgIpc) is 2.39. The van der Waals surface area contributed by atoms with E-state index in [-0.39, 0.29) is 11.5 Å². The third kappa shape index (κ3) is 2.02. The molecule has 0 bridgehead atoms. The Labute approximate surface area is 107 Å². The number of hydrogen-bond donors (Lipinski definition) is 1. The molecule has 0 amide bonds. The SMILES string of the molecule is CC(=O)[C@@](C)(c1ccccc1)c1ccc(O)cc1. The topological polar surface area (TPSA) is 37.3 Å². The molecule has 1 N–H and O–H groups in total. The number of benzene rings is 2. The van der Waals surface area contributed by atoms with E-state index in [1.807, 2.05) is 37.3 Å². The van der Waals surface area contributed by atoms with Gasteiger partial charge in [0.2, 0.25) is 0 Å². The third-order valence-corrected chi connectivity index (χ3v) is 3.50. The van der Waals surface area contributed by atoms with Crippen LogP contribution < -0.4 is 0 Å². The Kier molecular flexibility index (Phi) is 3.19. The molecular weight excluding hydrogens is 224 g/mol. The first-order chi connectivity index (χ1) is 8.55. The van der Waals surface area contributed by atoms with Crippen LogP contribution in [0, 0.1) is 0 Å². The molecule has 2 heteroatoms. The van der Waals surface area contributed by atoms with Gasteiger partial charge in [-0.2, -0.15) is 0 Å². The molecule has 0 heterocycles. The van der Waals surface area contributed by atoms with Crippen molar-refractivity contribution in [3.05, 3.63) is 65.7 Å². The van der Waals surface area contributed by atoms with Crippen molar-refractivity contribution in [3.63, 3.8) is 0 Å². The second-order valence-corrected chi connectivity index (χ2v) is 4.59. The van der Waals surface area contributed by atoms with Gasteiger partial charge in [-0.3, -0.25) is 4.79 Å². The number of hydrogen-bond acceptors (Lipinski definition) is 2. The van der Waals surface area contributed by atoms with Gasteiger partial charge in [-0.15, -0.1) is 0 Å². The molecule has 18 heavy (non-hydrogen) atoms. The number of carbonyl (C=O) groups is 1. The molecule has 2 rings (SSSR count). The van der Waals surface area contributed by atoms with Crippen LogP contribution in [0.15, 0.2) is 54.6 Å². The lowest BCUT2D eigenvalue weighted by molar-refractivity contribution is -0.120. The molecule has 0 aliphatic heterocycles. The van der Waals surface area contributed by atoms with Crippen LogP contribution in [-0.2, 0) is 10.2 Å². The number of rotatable bonds is 3. The van der Waals surface area contributed by atoms with Gasteiger partial charge in [0.25, 0.3) is 0 Å². The van der Waals surface area contributed by atoms with Gasteiger partial charge in [-0.05, 0) is 37.1 Å². The Balaban J connectivity index is 2.58. The van der Waals surface area contributed by atoms with E-state index in [0.717, 1.165) is 11.1 Å². The number of Topliss-reactive ketones (excluding diaryl/α,β-unsaturated/α-hetero) is 1. The van der Waals surface area contributed by atoms with Gasteiger partial charge >= 0.3 is 0 Å². The highest BCUT2D eigenvalue weighted by Gasteiger charge is 2.33. The molecule has 2 nitrogen and oxygen atoms in total. The van der Waals surface area contributed by atoms with Gasteiger partial charge in [0.05, 0.1) is 5.41 Å². The van der Waals surface area contributed by atoms with Crippen LogP contribution in [0.4, 0.5) is 0 Å². The molecule has 0 aromatic heterocycles. The van der Waals surface area contributed by atoms with Crippen LogP contribution in [0.5, 0.6) is 5.75 Å². The van der Waals surface area contributed by atoms with Crippen LogP contribution in [0.25, 0.3) is 0 Å². The lowest BCUT2D eigenvalue weighted by atomic mass is 9.73. The second-order valence-electron chi connectivity index (χ2n) is 4.59. The monoisotopic (exact) mass is 240 g/mol. The van der Waals surface area contributed by atoms with E-state index in [1.165, 1.54) is 0 Å². The van der Waals surface area contributed by atoms with Gasteiger partial charge in [-0.25, -0.2) is 0 Å². The van der Waals surface area contributed by atoms with Crippen LogP contribution >= 0.6 is 0 Å². The summed E-state index contributed by atoms with van der Waals surface area (Å²) < 4.78 is 0. The summed E-state index contributed by atoms with van der Waals surface area (Å²) in [5.41, 5.74) is 1.18. The lowest BCUT2D eigenvalue weighted by Gasteiger charge is -2.28. The Bertz CT molecular complexity index is 543. The van der Waals surface area contributed by atoms with Crippen molar-refractivity contribution in [3.8, 4) is 5.75 Å². The minimum absolute atomic E-state index is 0.0828. The van der Waals surface area contributed by atoms with Crippen LogP contribution in [0.1, 0.15) is 25.0 Å². The largest absolute Gasteiger partial charge is 0.508 e. The predicted octanol–water partition coefficient (Wildman–Crippen LogP) is 3.29. The number of ketones is 1. The molecule has 0 aliphatic rings. The summed E-state index contributed by atoms with van der Waals surface area (Å²) in [6.07, 6.45) is 0. The van der Waals surface area contributed by atoms with Crippen LogP contribution in [0.2, 0.25) is 0 Å². The lowest BCUT2D eigenvalue weighted by Crippen LogP contribution is -2.31. The highest BCUT2D eigenvalue weighted by atomic mass is 16.3. The van der Waals surface area contributed by atoms with Gasteiger partial charge in [-0.1, -0.05) is 42.5 Å². The summed E-state index contributed by atoms with van der Waals surface area (Å²) in [5.74, 6) is 0.289. The predicted molar refractivity (Wildman–Crippen MR) is 71.7 cm³/mol. The van der Waals surface area contributed by atoms with Crippen LogP contribution in [0.3, 0.4) is 0 Å². The summed E-state index contributed by atoms with van der Waals surface area (Å²) in [6.45, 7) is 3.51. The van der Waals surface area contributed by atoms with Gasteiger partial charge in [0.1, 0.15) is 11.5 Å². The summed E-state index contributed by atoms with van der Waals surface area (Å²) in [4.78, 5) is 12.1. The zero-order chi connectivity index (χ0) is 13.2. The van der Waals surface area contributed by atoms with Gasteiger partial charge in [0.15, 0.2) is 0 Å². The minimum Gasteiger partial charge on any atom is -0.508 e. The van der Waals surface area contributed by atoms with Crippen molar-refractivity contribution in [2.24, 2.45) is 0 Å². The van der Waals surface area contributed by atoms with Crippen molar-refractivity contribution < 1.29 is 9.90 Å². The summed E-state index contributed by atoms with van der Waals surface area (Å²) in [7, 11) is 0. The zero-order valence-electron chi connectivity index (χ0n) is 10.6.